The van der Waals surface area contributed by atoms with Crippen molar-refractivity contribution in [2.24, 2.45) is 5.92 Å². The van der Waals surface area contributed by atoms with Gasteiger partial charge in [0.25, 0.3) is 0 Å². The summed E-state index contributed by atoms with van der Waals surface area (Å²) in [5.74, 6) is 1.40. The van der Waals surface area contributed by atoms with Crippen molar-refractivity contribution in [3.8, 4) is 5.75 Å². The molecule has 0 saturated heterocycles. The van der Waals surface area contributed by atoms with E-state index in [2.05, 4.69) is 13.8 Å². The summed E-state index contributed by atoms with van der Waals surface area (Å²) in [6.45, 7) is 4.98. The van der Waals surface area contributed by atoms with E-state index in [1.807, 2.05) is 24.3 Å². The maximum Gasteiger partial charge on any atom is 0.184 e. The lowest BCUT2D eigenvalue weighted by Gasteiger charge is -2.21. The summed E-state index contributed by atoms with van der Waals surface area (Å²) < 4.78 is 10.5. The molecule has 0 amide bonds. The lowest BCUT2D eigenvalue weighted by atomic mass is 9.90. The Bertz CT molecular complexity index is 483. The molecular weight excluding hydrogens is 240 g/mol. The van der Waals surface area contributed by atoms with Crippen molar-refractivity contribution in [3.63, 3.8) is 0 Å². The molecule has 0 bridgehead atoms. The van der Waals surface area contributed by atoms with Gasteiger partial charge in [0.05, 0.1) is 13.7 Å². The third-order valence-corrected chi connectivity index (χ3v) is 3.23. The molecule has 2 rings (SSSR count). The van der Waals surface area contributed by atoms with Crippen LogP contribution >= 0.6 is 0 Å². The van der Waals surface area contributed by atoms with Gasteiger partial charge in [0.1, 0.15) is 12.4 Å². The minimum absolute atomic E-state index is 0.116. The molecule has 1 aromatic carbocycles. The van der Waals surface area contributed by atoms with Crippen molar-refractivity contribution in [1.29, 1.82) is 0 Å². The average Bonchev–Trinajstić information content (AvgIpc) is 2.41. The van der Waals surface area contributed by atoms with E-state index in [1.54, 1.807) is 7.11 Å². The Labute approximate surface area is 114 Å². The SMILES string of the molecule is COc1ccc(C2=C(CC(C)C)C(=O)COC2)cc1. The van der Waals surface area contributed by atoms with Crippen LogP contribution < -0.4 is 4.74 Å². The maximum atomic E-state index is 12.0. The Balaban J connectivity index is 2.38. The molecule has 1 aliphatic heterocycles. The normalized spacial score (nSPS) is 16.1. The van der Waals surface area contributed by atoms with E-state index in [9.17, 15) is 4.79 Å². The molecule has 0 spiro atoms. The van der Waals surface area contributed by atoms with Crippen LogP contribution in [0.5, 0.6) is 5.75 Å². The van der Waals surface area contributed by atoms with Gasteiger partial charge in [-0.2, -0.15) is 0 Å². The number of methoxy groups -OCH3 is 1. The summed E-state index contributed by atoms with van der Waals surface area (Å²) in [4.78, 5) is 12.0. The number of benzene rings is 1. The van der Waals surface area contributed by atoms with Crippen molar-refractivity contribution < 1.29 is 14.3 Å². The second kappa shape index (κ2) is 6.02. The topological polar surface area (TPSA) is 35.5 Å². The van der Waals surface area contributed by atoms with Gasteiger partial charge in [-0.25, -0.2) is 0 Å². The van der Waals surface area contributed by atoms with Crippen LogP contribution in [0.4, 0.5) is 0 Å². The smallest absolute Gasteiger partial charge is 0.184 e. The van der Waals surface area contributed by atoms with Crippen LogP contribution in [0.15, 0.2) is 29.8 Å². The van der Waals surface area contributed by atoms with Crippen molar-refractivity contribution in [1.82, 2.24) is 0 Å². The Morgan fingerprint density at radius 1 is 1.21 bits per heavy atom. The number of hydrogen-bond acceptors (Lipinski definition) is 3. The summed E-state index contributed by atoms with van der Waals surface area (Å²) in [7, 11) is 1.64. The fraction of sp³-hybridized carbons (Fsp3) is 0.438. The summed E-state index contributed by atoms with van der Waals surface area (Å²) >= 11 is 0. The third-order valence-electron chi connectivity index (χ3n) is 3.23. The monoisotopic (exact) mass is 260 g/mol. The van der Waals surface area contributed by atoms with Crippen LogP contribution in [0.25, 0.3) is 5.57 Å². The van der Waals surface area contributed by atoms with E-state index in [-0.39, 0.29) is 12.4 Å². The van der Waals surface area contributed by atoms with Crippen molar-refractivity contribution in [3.05, 3.63) is 35.4 Å². The van der Waals surface area contributed by atoms with E-state index < -0.39 is 0 Å². The van der Waals surface area contributed by atoms with E-state index in [1.165, 1.54) is 0 Å². The van der Waals surface area contributed by atoms with Crippen LogP contribution in [0.1, 0.15) is 25.8 Å². The molecule has 1 heterocycles. The van der Waals surface area contributed by atoms with Crippen LogP contribution in [0, 0.1) is 5.92 Å². The molecule has 3 nitrogen and oxygen atoms in total. The molecule has 0 N–H and O–H groups in total. The number of hydrogen-bond donors (Lipinski definition) is 0. The first-order valence-corrected chi connectivity index (χ1v) is 6.59. The molecule has 19 heavy (non-hydrogen) atoms. The van der Waals surface area contributed by atoms with Crippen molar-refractivity contribution >= 4 is 11.4 Å². The van der Waals surface area contributed by atoms with E-state index in [0.29, 0.717) is 12.5 Å². The molecular formula is C16H20O3. The average molecular weight is 260 g/mol. The van der Waals surface area contributed by atoms with Gasteiger partial charge >= 0.3 is 0 Å². The number of carbonyl (C=O) groups is 1. The quantitative estimate of drug-likeness (QED) is 0.834. The van der Waals surface area contributed by atoms with Crippen molar-refractivity contribution in [2.75, 3.05) is 20.3 Å². The van der Waals surface area contributed by atoms with Gasteiger partial charge in [-0.15, -0.1) is 0 Å². The van der Waals surface area contributed by atoms with Gasteiger partial charge in [0, 0.05) is 5.57 Å². The number of Topliss-reactive ketones (excluding diaryl/α,β-unsaturated/α-hetero) is 1. The predicted molar refractivity (Wildman–Crippen MR) is 75.2 cm³/mol. The lowest BCUT2D eigenvalue weighted by Crippen LogP contribution is -2.22. The van der Waals surface area contributed by atoms with Gasteiger partial charge in [0.15, 0.2) is 5.78 Å². The molecule has 1 aromatic rings. The highest BCUT2D eigenvalue weighted by atomic mass is 16.5. The first kappa shape index (κ1) is 13.8. The number of ether oxygens (including phenoxy) is 2. The molecule has 3 heteroatoms. The fourth-order valence-electron chi connectivity index (χ4n) is 2.28. The summed E-state index contributed by atoms with van der Waals surface area (Å²) in [5.41, 5.74) is 2.99. The van der Waals surface area contributed by atoms with E-state index >= 15 is 0 Å². The van der Waals surface area contributed by atoms with E-state index in [0.717, 1.165) is 28.9 Å². The van der Waals surface area contributed by atoms with Crippen molar-refractivity contribution in [2.45, 2.75) is 20.3 Å². The molecule has 0 aliphatic carbocycles. The third kappa shape index (κ3) is 3.24. The Hall–Kier alpha value is -1.61. The van der Waals surface area contributed by atoms with Crippen LogP contribution in [-0.2, 0) is 9.53 Å². The largest absolute Gasteiger partial charge is 0.497 e. The summed E-state index contributed by atoms with van der Waals surface area (Å²) in [6.07, 6.45) is 0.809. The van der Waals surface area contributed by atoms with Gasteiger partial charge in [0.2, 0.25) is 0 Å². The molecule has 0 atom stereocenters. The highest BCUT2D eigenvalue weighted by Gasteiger charge is 2.22. The summed E-state index contributed by atoms with van der Waals surface area (Å²) in [6, 6.07) is 7.79. The molecule has 0 aromatic heterocycles. The van der Waals surface area contributed by atoms with E-state index in [4.69, 9.17) is 9.47 Å². The lowest BCUT2D eigenvalue weighted by molar-refractivity contribution is -0.120. The molecule has 102 valence electrons. The minimum atomic E-state index is 0.116. The fourth-order valence-corrected chi connectivity index (χ4v) is 2.28. The molecule has 0 fully saturated rings. The van der Waals surface area contributed by atoms with Gasteiger partial charge in [-0.3, -0.25) is 4.79 Å². The highest BCUT2D eigenvalue weighted by Crippen LogP contribution is 2.28. The Kier molecular flexibility index (Phi) is 4.38. The number of rotatable bonds is 4. The van der Waals surface area contributed by atoms with Gasteiger partial charge in [-0.05, 0) is 35.6 Å². The zero-order chi connectivity index (χ0) is 13.8. The van der Waals surface area contributed by atoms with Crippen LogP contribution in [-0.4, -0.2) is 26.1 Å². The molecule has 1 aliphatic rings. The highest BCUT2D eigenvalue weighted by molar-refractivity contribution is 6.04. The first-order valence-electron chi connectivity index (χ1n) is 6.59. The predicted octanol–water partition coefficient (Wildman–Crippen LogP) is 3.09. The standard InChI is InChI=1S/C16H20O3/c1-11(2)8-14-15(9-19-10-16(14)17)12-4-6-13(18-3)7-5-12/h4-7,11H,8-10H2,1-3H3. The first-order chi connectivity index (χ1) is 9.11. The minimum Gasteiger partial charge on any atom is -0.497 e. The second-order valence-electron chi connectivity index (χ2n) is 5.20. The number of ketones is 1. The summed E-state index contributed by atoms with van der Waals surface area (Å²) in [5, 5.41) is 0. The molecule has 0 unspecified atom stereocenters. The zero-order valence-electron chi connectivity index (χ0n) is 11.7. The number of carbonyl (C=O) groups excluding carboxylic acids is 1. The maximum absolute atomic E-state index is 12.0. The van der Waals surface area contributed by atoms with Crippen LogP contribution in [0.2, 0.25) is 0 Å². The van der Waals surface area contributed by atoms with Gasteiger partial charge in [-0.1, -0.05) is 26.0 Å². The Morgan fingerprint density at radius 2 is 1.89 bits per heavy atom. The molecule has 0 radical (unpaired) electrons. The molecule has 0 saturated carbocycles. The Morgan fingerprint density at radius 3 is 2.47 bits per heavy atom. The zero-order valence-corrected chi connectivity index (χ0v) is 11.7. The second-order valence-corrected chi connectivity index (χ2v) is 5.20. The van der Waals surface area contributed by atoms with Gasteiger partial charge < -0.3 is 9.47 Å². The van der Waals surface area contributed by atoms with Crippen LogP contribution in [0.3, 0.4) is 0 Å².